The van der Waals surface area contributed by atoms with E-state index in [1.807, 2.05) is 6.26 Å². The number of amides is 1. The van der Waals surface area contributed by atoms with Gasteiger partial charge in [0.25, 0.3) is 0 Å². The molecule has 112 valence electrons. The number of nitrogens with two attached hydrogens (primary N) is 1. The summed E-state index contributed by atoms with van der Waals surface area (Å²) in [4.78, 5) is 11.7. The monoisotopic (exact) mass is 320 g/mol. The minimum atomic E-state index is -3.46. The predicted octanol–water partition coefficient (Wildman–Crippen LogP) is 1.25. The second kappa shape index (κ2) is 7.05. The number of anilines is 1. The minimum Gasteiger partial charge on any atom is -0.322 e. The molecule has 0 saturated carbocycles. The molecule has 1 aromatic rings. The largest absolute Gasteiger partial charge is 0.322 e. The van der Waals surface area contributed by atoms with Gasteiger partial charge in [-0.25, -0.2) is 12.8 Å². The number of halogens is 1. The molecule has 0 aliphatic carbocycles. The second-order valence-corrected chi connectivity index (χ2v) is 7.29. The Morgan fingerprint density at radius 3 is 2.70 bits per heavy atom. The summed E-state index contributed by atoms with van der Waals surface area (Å²) >= 11 is 1.55. The van der Waals surface area contributed by atoms with Crippen LogP contribution >= 0.6 is 11.8 Å². The van der Waals surface area contributed by atoms with Crippen molar-refractivity contribution in [1.82, 2.24) is 0 Å². The summed E-state index contributed by atoms with van der Waals surface area (Å²) in [7, 11) is -3.46. The Kier molecular flexibility index (Phi) is 5.97. The second-order valence-electron chi connectivity index (χ2n) is 4.29. The summed E-state index contributed by atoms with van der Waals surface area (Å²) in [6.45, 7) is 0. The van der Waals surface area contributed by atoms with E-state index in [0.29, 0.717) is 12.2 Å². The van der Waals surface area contributed by atoms with Gasteiger partial charge in [-0.05, 0) is 36.6 Å². The smallest absolute Gasteiger partial charge is 0.241 e. The highest BCUT2D eigenvalue weighted by molar-refractivity contribution is 7.98. The van der Waals surface area contributed by atoms with Gasteiger partial charge in [-0.3, -0.25) is 4.79 Å². The van der Waals surface area contributed by atoms with Crippen LogP contribution in [0.25, 0.3) is 0 Å². The van der Waals surface area contributed by atoms with Crippen LogP contribution in [-0.4, -0.2) is 38.6 Å². The first-order valence-corrected chi connectivity index (χ1v) is 9.09. The zero-order valence-electron chi connectivity index (χ0n) is 11.2. The average molecular weight is 320 g/mol. The molecule has 8 heteroatoms. The molecule has 5 nitrogen and oxygen atoms in total. The lowest BCUT2D eigenvalue weighted by atomic mass is 10.2. The Balaban J connectivity index is 2.89. The van der Waals surface area contributed by atoms with Gasteiger partial charge in [-0.15, -0.1) is 0 Å². The topological polar surface area (TPSA) is 89.3 Å². The van der Waals surface area contributed by atoms with Gasteiger partial charge in [0.2, 0.25) is 5.91 Å². The SMILES string of the molecule is CSCC[C@H](N)C(=O)Nc1cc(S(C)(=O)=O)ccc1F. The zero-order valence-corrected chi connectivity index (χ0v) is 12.9. The molecule has 0 radical (unpaired) electrons. The number of hydrogen-bond donors (Lipinski definition) is 2. The van der Waals surface area contributed by atoms with Crippen molar-refractivity contribution in [3.63, 3.8) is 0 Å². The first kappa shape index (κ1) is 16.9. The molecule has 1 aromatic carbocycles. The first-order valence-electron chi connectivity index (χ1n) is 5.80. The molecule has 0 unspecified atom stereocenters. The third-order valence-corrected chi connectivity index (χ3v) is 4.35. The van der Waals surface area contributed by atoms with E-state index in [9.17, 15) is 17.6 Å². The van der Waals surface area contributed by atoms with E-state index >= 15 is 0 Å². The van der Waals surface area contributed by atoms with Crippen LogP contribution in [-0.2, 0) is 14.6 Å². The summed E-state index contributed by atoms with van der Waals surface area (Å²) in [6, 6.07) is 2.47. The summed E-state index contributed by atoms with van der Waals surface area (Å²) in [6.07, 6.45) is 3.36. The van der Waals surface area contributed by atoms with E-state index in [-0.39, 0.29) is 10.6 Å². The van der Waals surface area contributed by atoms with Gasteiger partial charge in [0, 0.05) is 6.26 Å². The number of carbonyl (C=O) groups excluding carboxylic acids is 1. The van der Waals surface area contributed by atoms with E-state index in [1.54, 1.807) is 11.8 Å². The van der Waals surface area contributed by atoms with Crippen molar-refractivity contribution in [3.05, 3.63) is 24.0 Å². The van der Waals surface area contributed by atoms with Crippen molar-refractivity contribution in [3.8, 4) is 0 Å². The average Bonchev–Trinajstić information content (AvgIpc) is 2.37. The van der Waals surface area contributed by atoms with E-state index in [1.165, 1.54) is 0 Å². The normalized spacial score (nSPS) is 13.0. The Morgan fingerprint density at radius 2 is 2.15 bits per heavy atom. The summed E-state index contributed by atoms with van der Waals surface area (Å²) < 4.78 is 36.4. The van der Waals surface area contributed by atoms with Gasteiger partial charge in [-0.2, -0.15) is 11.8 Å². The van der Waals surface area contributed by atoms with Crippen LogP contribution in [0.4, 0.5) is 10.1 Å². The molecule has 0 spiro atoms. The van der Waals surface area contributed by atoms with Crippen LogP contribution in [0.2, 0.25) is 0 Å². The Bertz CT molecular complexity index is 590. The molecule has 20 heavy (non-hydrogen) atoms. The molecule has 0 fully saturated rings. The maximum Gasteiger partial charge on any atom is 0.241 e. The lowest BCUT2D eigenvalue weighted by Gasteiger charge is -2.12. The molecule has 0 saturated heterocycles. The van der Waals surface area contributed by atoms with Crippen LogP contribution in [0.1, 0.15) is 6.42 Å². The van der Waals surface area contributed by atoms with Crippen LogP contribution in [0.15, 0.2) is 23.1 Å². The predicted molar refractivity (Wildman–Crippen MR) is 79.1 cm³/mol. The highest BCUT2D eigenvalue weighted by Gasteiger charge is 2.17. The third-order valence-electron chi connectivity index (χ3n) is 2.59. The highest BCUT2D eigenvalue weighted by Crippen LogP contribution is 2.19. The van der Waals surface area contributed by atoms with Crippen LogP contribution in [0.3, 0.4) is 0 Å². The number of rotatable bonds is 6. The fourth-order valence-electron chi connectivity index (χ4n) is 1.43. The van der Waals surface area contributed by atoms with Crippen molar-refractivity contribution >= 4 is 33.2 Å². The number of thioether (sulfide) groups is 1. The van der Waals surface area contributed by atoms with E-state index < -0.39 is 27.6 Å². The lowest BCUT2D eigenvalue weighted by Crippen LogP contribution is -2.36. The molecule has 0 bridgehead atoms. The van der Waals surface area contributed by atoms with Crippen molar-refractivity contribution in [2.45, 2.75) is 17.4 Å². The molecular weight excluding hydrogens is 303 g/mol. The number of nitrogens with one attached hydrogen (secondary N) is 1. The molecule has 3 N–H and O–H groups in total. The Labute approximate surface area is 122 Å². The molecule has 0 aliphatic rings. The van der Waals surface area contributed by atoms with Crippen molar-refractivity contribution in [1.29, 1.82) is 0 Å². The number of sulfone groups is 1. The van der Waals surface area contributed by atoms with Gasteiger partial charge in [0.15, 0.2) is 9.84 Å². The molecule has 1 atom stereocenters. The highest BCUT2D eigenvalue weighted by atomic mass is 32.2. The maximum atomic E-state index is 13.6. The van der Waals surface area contributed by atoms with Crippen LogP contribution < -0.4 is 11.1 Å². The first-order chi connectivity index (χ1) is 9.25. The molecule has 1 rings (SSSR count). The molecule has 0 heterocycles. The zero-order chi connectivity index (χ0) is 15.3. The van der Waals surface area contributed by atoms with Crippen molar-refractivity contribution in [2.75, 3.05) is 23.6 Å². The molecule has 0 aromatic heterocycles. The van der Waals surface area contributed by atoms with Gasteiger partial charge in [0.05, 0.1) is 16.6 Å². The number of hydrogen-bond acceptors (Lipinski definition) is 5. The minimum absolute atomic E-state index is 0.0631. The van der Waals surface area contributed by atoms with E-state index in [0.717, 1.165) is 24.5 Å². The van der Waals surface area contributed by atoms with E-state index in [2.05, 4.69) is 5.32 Å². The Morgan fingerprint density at radius 1 is 1.50 bits per heavy atom. The van der Waals surface area contributed by atoms with Crippen molar-refractivity contribution < 1.29 is 17.6 Å². The third kappa shape index (κ3) is 4.77. The Hall–Kier alpha value is -1.12. The van der Waals surface area contributed by atoms with Gasteiger partial charge >= 0.3 is 0 Å². The fourth-order valence-corrected chi connectivity index (χ4v) is 2.57. The van der Waals surface area contributed by atoms with E-state index in [4.69, 9.17) is 5.73 Å². The van der Waals surface area contributed by atoms with Gasteiger partial charge in [0.1, 0.15) is 5.82 Å². The van der Waals surface area contributed by atoms with Gasteiger partial charge in [-0.1, -0.05) is 0 Å². The fraction of sp³-hybridized carbons (Fsp3) is 0.417. The number of carbonyl (C=O) groups is 1. The molecule has 0 aliphatic heterocycles. The van der Waals surface area contributed by atoms with Crippen LogP contribution in [0, 0.1) is 5.82 Å². The van der Waals surface area contributed by atoms with Gasteiger partial charge < -0.3 is 11.1 Å². The van der Waals surface area contributed by atoms with Crippen LogP contribution in [0.5, 0.6) is 0 Å². The molecular formula is C12H17FN2O3S2. The lowest BCUT2D eigenvalue weighted by molar-refractivity contribution is -0.117. The molecule has 1 amide bonds. The quantitative estimate of drug-likeness (QED) is 0.770. The maximum absolute atomic E-state index is 13.6. The van der Waals surface area contributed by atoms with Crippen molar-refractivity contribution in [2.24, 2.45) is 5.73 Å². The standard InChI is InChI=1S/C12H17FN2O3S2/c1-19-6-5-10(14)12(16)15-11-7-8(20(2,17)18)3-4-9(11)13/h3-4,7,10H,5-6,14H2,1-2H3,(H,15,16)/t10-/m0/s1. The summed E-state index contributed by atoms with van der Waals surface area (Å²) in [5.74, 6) is -0.535. The summed E-state index contributed by atoms with van der Waals surface area (Å²) in [5.41, 5.74) is 5.48. The summed E-state index contributed by atoms with van der Waals surface area (Å²) in [5, 5.41) is 2.32. The number of benzene rings is 1.